The van der Waals surface area contributed by atoms with E-state index in [1.54, 1.807) is 7.11 Å². The largest absolute Gasteiger partial charge is 0.493 e. The van der Waals surface area contributed by atoms with E-state index >= 15 is 0 Å². The van der Waals surface area contributed by atoms with E-state index in [9.17, 15) is 0 Å². The molecule has 19 heavy (non-hydrogen) atoms. The molecule has 0 radical (unpaired) electrons. The second-order valence-corrected chi connectivity index (χ2v) is 4.67. The van der Waals surface area contributed by atoms with Crippen LogP contribution in [0.4, 0.5) is 0 Å². The Bertz CT molecular complexity index is 438. The van der Waals surface area contributed by atoms with Gasteiger partial charge in [0.25, 0.3) is 0 Å². The quantitative estimate of drug-likeness (QED) is 0.720. The molecule has 0 amide bonds. The summed E-state index contributed by atoms with van der Waals surface area (Å²) in [6.45, 7) is 2.34. The van der Waals surface area contributed by atoms with Crippen LogP contribution in [-0.4, -0.2) is 37.7 Å². The molecule has 1 fully saturated rings. The summed E-state index contributed by atoms with van der Waals surface area (Å²) in [7, 11) is 1.64. The molecule has 0 bridgehead atoms. The highest BCUT2D eigenvalue weighted by atomic mass is 16.5. The van der Waals surface area contributed by atoms with E-state index in [1.807, 2.05) is 24.3 Å². The molecular weight excluding hydrogens is 240 g/mol. The van der Waals surface area contributed by atoms with Crippen molar-refractivity contribution < 1.29 is 9.47 Å². The van der Waals surface area contributed by atoms with Crippen molar-refractivity contribution in [2.75, 3.05) is 26.8 Å². The van der Waals surface area contributed by atoms with Crippen LogP contribution in [0.15, 0.2) is 24.3 Å². The van der Waals surface area contributed by atoms with Gasteiger partial charge in [0.05, 0.1) is 13.2 Å². The summed E-state index contributed by atoms with van der Waals surface area (Å²) in [5, 5.41) is 8.66. The predicted octanol–water partition coefficient (Wildman–Crippen LogP) is 2.45. The van der Waals surface area contributed by atoms with Crippen LogP contribution < -0.4 is 9.47 Å². The number of benzene rings is 1. The third kappa shape index (κ3) is 4.15. The van der Waals surface area contributed by atoms with Crippen LogP contribution >= 0.6 is 0 Å². The van der Waals surface area contributed by atoms with Gasteiger partial charge in [-0.1, -0.05) is 12.1 Å². The summed E-state index contributed by atoms with van der Waals surface area (Å²) in [5.41, 5.74) is 0. The van der Waals surface area contributed by atoms with Crippen molar-refractivity contribution in [1.29, 1.82) is 5.26 Å². The molecule has 1 saturated carbocycles. The fourth-order valence-corrected chi connectivity index (χ4v) is 2.12. The molecule has 0 aliphatic heterocycles. The minimum absolute atomic E-state index is 0.588. The van der Waals surface area contributed by atoms with Crippen molar-refractivity contribution in [2.24, 2.45) is 0 Å². The third-order valence-corrected chi connectivity index (χ3v) is 3.28. The average molecular weight is 260 g/mol. The first-order chi connectivity index (χ1) is 9.35. The van der Waals surface area contributed by atoms with Crippen LogP contribution in [0, 0.1) is 11.3 Å². The monoisotopic (exact) mass is 260 g/mol. The van der Waals surface area contributed by atoms with Crippen molar-refractivity contribution in [2.45, 2.75) is 25.3 Å². The molecule has 1 aromatic rings. The number of para-hydroxylation sites is 2. The van der Waals surface area contributed by atoms with E-state index < -0.39 is 0 Å². The summed E-state index contributed by atoms with van der Waals surface area (Å²) in [5.74, 6) is 1.54. The molecule has 1 aromatic carbocycles. The first-order valence-corrected chi connectivity index (χ1v) is 6.72. The Labute approximate surface area is 114 Å². The fraction of sp³-hybridized carbons (Fsp3) is 0.533. The molecule has 1 aliphatic carbocycles. The molecule has 0 saturated heterocycles. The molecule has 4 heteroatoms. The minimum Gasteiger partial charge on any atom is -0.493 e. The van der Waals surface area contributed by atoms with Gasteiger partial charge in [0.15, 0.2) is 11.5 Å². The highest BCUT2D eigenvalue weighted by molar-refractivity contribution is 5.39. The molecule has 0 N–H and O–H groups in total. The van der Waals surface area contributed by atoms with Crippen LogP contribution in [0.1, 0.15) is 19.3 Å². The number of ether oxygens (including phenoxy) is 2. The number of hydrogen-bond donors (Lipinski definition) is 0. The molecule has 102 valence electrons. The lowest BCUT2D eigenvalue weighted by molar-refractivity contribution is 0.200. The lowest BCUT2D eigenvalue weighted by atomic mass is 10.3. The zero-order valence-corrected chi connectivity index (χ0v) is 11.3. The van der Waals surface area contributed by atoms with Crippen molar-refractivity contribution in [3.8, 4) is 17.6 Å². The van der Waals surface area contributed by atoms with E-state index in [0.29, 0.717) is 19.1 Å². The molecule has 1 aliphatic rings. The summed E-state index contributed by atoms with van der Waals surface area (Å²) < 4.78 is 11.0. The maximum Gasteiger partial charge on any atom is 0.161 e. The predicted molar refractivity (Wildman–Crippen MR) is 73.3 cm³/mol. The minimum atomic E-state index is 0.588. The van der Waals surface area contributed by atoms with Gasteiger partial charge >= 0.3 is 0 Å². The van der Waals surface area contributed by atoms with Gasteiger partial charge in [-0.2, -0.15) is 5.26 Å². The number of methoxy groups -OCH3 is 1. The van der Waals surface area contributed by atoms with Crippen LogP contribution in [0.2, 0.25) is 0 Å². The molecule has 4 nitrogen and oxygen atoms in total. The third-order valence-electron chi connectivity index (χ3n) is 3.28. The zero-order valence-electron chi connectivity index (χ0n) is 11.3. The normalized spacial score (nSPS) is 14.2. The van der Waals surface area contributed by atoms with E-state index in [-0.39, 0.29) is 0 Å². The Morgan fingerprint density at radius 1 is 1.26 bits per heavy atom. The number of nitriles is 1. The van der Waals surface area contributed by atoms with Gasteiger partial charge in [0, 0.05) is 25.6 Å². The van der Waals surface area contributed by atoms with Crippen LogP contribution in [0.3, 0.4) is 0 Å². The van der Waals surface area contributed by atoms with E-state index in [1.165, 1.54) is 12.8 Å². The van der Waals surface area contributed by atoms with Crippen LogP contribution in [-0.2, 0) is 0 Å². The second kappa shape index (κ2) is 7.01. The Balaban J connectivity index is 1.79. The molecule has 0 aromatic heterocycles. The maximum atomic E-state index is 8.66. The SMILES string of the molecule is COc1ccccc1OCCN(CCC#N)C1CC1. The standard InChI is InChI=1S/C15H20N2O2/c1-18-14-5-2-3-6-15(14)19-12-11-17(10-4-9-16)13-7-8-13/h2-3,5-6,13H,4,7-8,10-12H2,1H3. The van der Waals surface area contributed by atoms with Crippen molar-refractivity contribution in [3.63, 3.8) is 0 Å². The summed E-state index contributed by atoms with van der Waals surface area (Å²) in [6.07, 6.45) is 3.09. The molecule has 0 atom stereocenters. The molecular formula is C15H20N2O2. The highest BCUT2D eigenvalue weighted by Gasteiger charge is 2.28. The summed E-state index contributed by atoms with van der Waals surface area (Å²) >= 11 is 0. The topological polar surface area (TPSA) is 45.5 Å². The first-order valence-electron chi connectivity index (χ1n) is 6.72. The van der Waals surface area contributed by atoms with E-state index in [0.717, 1.165) is 24.6 Å². The molecule has 0 unspecified atom stereocenters. The average Bonchev–Trinajstić information content (AvgIpc) is 3.27. The van der Waals surface area contributed by atoms with Crippen LogP contribution in [0.25, 0.3) is 0 Å². The Hall–Kier alpha value is -1.73. The van der Waals surface area contributed by atoms with Crippen molar-refractivity contribution in [1.82, 2.24) is 4.90 Å². The van der Waals surface area contributed by atoms with Crippen molar-refractivity contribution >= 4 is 0 Å². The molecule has 0 spiro atoms. The van der Waals surface area contributed by atoms with Crippen molar-refractivity contribution in [3.05, 3.63) is 24.3 Å². The van der Waals surface area contributed by atoms with Gasteiger partial charge < -0.3 is 9.47 Å². The Kier molecular flexibility index (Phi) is 5.05. The summed E-state index contributed by atoms with van der Waals surface area (Å²) in [6, 6.07) is 10.5. The van der Waals surface area contributed by atoms with Gasteiger partial charge in [0.2, 0.25) is 0 Å². The maximum absolute atomic E-state index is 8.66. The lowest BCUT2D eigenvalue weighted by Crippen LogP contribution is -2.31. The smallest absolute Gasteiger partial charge is 0.161 e. The van der Waals surface area contributed by atoms with Gasteiger partial charge in [-0.3, -0.25) is 4.90 Å². The van der Waals surface area contributed by atoms with E-state index in [4.69, 9.17) is 14.7 Å². The number of rotatable bonds is 8. The fourth-order valence-electron chi connectivity index (χ4n) is 2.12. The molecule has 0 heterocycles. The first kappa shape index (κ1) is 13.7. The Morgan fingerprint density at radius 2 is 2.00 bits per heavy atom. The van der Waals surface area contributed by atoms with E-state index in [2.05, 4.69) is 11.0 Å². The lowest BCUT2D eigenvalue weighted by Gasteiger charge is -2.21. The second-order valence-electron chi connectivity index (χ2n) is 4.67. The summed E-state index contributed by atoms with van der Waals surface area (Å²) in [4.78, 5) is 2.35. The highest BCUT2D eigenvalue weighted by Crippen LogP contribution is 2.28. The Morgan fingerprint density at radius 3 is 2.63 bits per heavy atom. The van der Waals surface area contributed by atoms with Gasteiger partial charge in [-0.05, 0) is 25.0 Å². The van der Waals surface area contributed by atoms with Crippen LogP contribution in [0.5, 0.6) is 11.5 Å². The molecule has 2 rings (SSSR count). The number of nitrogens with zero attached hydrogens (tertiary/aromatic N) is 2. The number of hydrogen-bond acceptors (Lipinski definition) is 4. The van der Waals surface area contributed by atoms with Gasteiger partial charge in [-0.25, -0.2) is 0 Å². The van der Waals surface area contributed by atoms with Gasteiger partial charge in [0.1, 0.15) is 6.61 Å². The van der Waals surface area contributed by atoms with Gasteiger partial charge in [-0.15, -0.1) is 0 Å². The zero-order chi connectivity index (χ0) is 13.5.